The largest absolute Gasteiger partial charge is 0.493 e. The summed E-state index contributed by atoms with van der Waals surface area (Å²) in [6, 6.07) is 14.5. The first kappa shape index (κ1) is 42.7. The molecule has 2 aromatic carbocycles. The summed E-state index contributed by atoms with van der Waals surface area (Å²) < 4.78 is 21.9. The molecule has 3 rings (SSSR count). The number of unbranched alkanes of at least 4 members (excludes halogenated alkanes) is 2. The second-order valence-corrected chi connectivity index (χ2v) is 12.2. The van der Waals surface area contributed by atoms with Crippen LogP contribution in [0.15, 0.2) is 65.1 Å². The van der Waals surface area contributed by atoms with Gasteiger partial charge in [-0.25, -0.2) is 9.86 Å². The number of furan rings is 1. The highest BCUT2D eigenvalue weighted by Crippen LogP contribution is 2.29. The monoisotopic (exact) mass is 750 g/mol. The van der Waals surface area contributed by atoms with Crippen LogP contribution < -0.4 is 20.7 Å². The molecule has 15 nitrogen and oxygen atoms in total. The normalized spacial score (nSPS) is 12.4. The third kappa shape index (κ3) is 12.8. The molecular weight excluding hydrogens is 700 g/mol. The van der Waals surface area contributed by atoms with E-state index in [-0.39, 0.29) is 55.7 Å². The second-order valence-electron chi connectivity index (χ2n) is 12.2. The number of esters is 2. The van der Waals surface area contributed by atoms with Crippen molar-refractivity contribution < 1.29 is 52.6 Å². The fourth-order valence-corrected chi connectivity index (χ4v) is 5.67. The van der Waals surface area contributed by atoms with Crippen LogP contribution in [0.1, 0.15) is 92.7 Å². The van der Waals surface area contributed by atoms with E-state index >= 15 is 0 Å². The highest BCUT2D eigenvalue weighted by atomic mass is 16.5. The Hall–Kier alpha value is -5.70. The summed E-state index contributed by atoms with van der Waals surface area (Å²) in [5.74, 6) is -3.52. The lowest BCUT2D eigenvalue weighted by atomic mass is 9.90. The van der Waals surface area contributed by atoms with Crippen molar-refractivity contribution in [1.29, 1.82) is 0 Å². The van der Waals surface area contributed by atoms with Crippen LogP contribution in [0.2, 0.25) is 0 Å². The van der Waals surface area contributed by atoms with E-state index in [2.05, 4.69) is 16.0 Å². The number of ether oxygens (including phenoxy) is 3. The van der Waals surface area contributed by atoms with E-state index < -0.39 is 54.1 Å². The van der Waals surface area contributed by atoms with Crippen LogP contribution in [0.25, 0.3) is 11.3 Å². The molecule has 4 N–H and O–H groups in total. The number of hydrogen-bond acceptors (Lipinski definition) is 11. The Bertz CT molecular complexity index is 1690. The van der Waals surface area contributed by atoms with E-state index in [0.29, 0.717) is 23.5 Å². The third-order valence-corrected chi connectivity index (χ3v) is 8.43. The highest BCUT2D eigenvalue weighted by molar-refractivity contribution is 6.00. The zero-order chi connectivity index (χ0) is 39.5. The number of amides is 4. The van der Waals surface area contributed by atoms with Crippen LogP contribution in [0.5, 0.6) is 5.75 Å². The standard InChI is InChI=1S/C39H50N4O11/c1-5-9-11-16-28(31(6-2)43(50)25-44)36(46)40-24-41-38(48)33-20-19-32(54-33)27-17-18-29(34(21-27)51-7-3)37(47)42-30(39(49)52-8-4)22-35(45)53-23-26-14-12-10-13-15-26/h10,12-15,17-21,25,28,30-31,50H,5-9,11,16,22-24H2,1-4H3,(H,40,46)(H,41,48)(H,42,47)/t28?,30-,31?/m0/s1. The Morgan fingerprint density at radius 3 is 2.31 bits per heavy atom. The molecule has 1 aromatic heterocycles. The van der Waals surface area contributed by atoms with Gasteiger partial charge in [0.05, 0.1) is 43.8 Å². The van der Waals surface area contributed by atoms with Crippen molar-refractivity contribution in [2.75, 3.05) is 19.9 Å². The molecule has 0 fully saturated rings. The fraction of sp³-hybridized carbons (Fsp3) is 0.436. The van der Waals surface area contributed by atoms with Gasteiger partial charge in [-0.1, -0.05) is 69.5 Å². The number of carbonyl (C=O) groups is 6. The lowest BCUT2D eigenvalue weighted by molar-refractivity contribution is -0.168. The maximum absolute atomic E-state index is 13.4. The van der Waals surface area contributed by atoms with Crippen molar-refractivity contribution in [3.05, 3.63) is 77.6 Å². The van der Waals surface area contributed by atoms with Gasteiger partial charge in [0, 0.05) is 5.56 Å². The van der Waals surface area contributed by atoms with Gasteiger partial charge >= 0.3 is 11.9 Å². The van der Waals surface area contributed by atoms with Gasteiger partial charge in [0.1, 0.15) is 24.2 Å². The quantitative estimate of drug-likeness (QED) is 0.0260. The van der Waals surface area contributed by atoms with Gasteiger partial charge in [0.2, 0.25) is 12.3 Å². The minimum atomic E-state index is -1.33. The molecule has 15 heteroatoms. The number of hydrogen-bond donors (Lipinski definition) is 4. The minimum absolute atomic E-state index is 0.00131. The Balaban J connectivity index is 1.67. The summed E-state index contributed by atoms with van der Waals surface area (Å²) >= 11 is 0. The summed E-state index contributed by atoms with van der Waals surface area (Å²) in [5, 5.41) is 18.3. The van der Waals surface area contributed by atoms with E-state index in [1.807, 2.05) is 13.0 Å². The summed E-state index contributed by atoms with van der Waals surface area (Å²) in [7, 11) is 0. The summed E-state index contributed by atoms with van der Waals surface area (Å²) in [5.41, 5.74) is 1.30. The maximum Gasteiger partial charge on any atom is 0.329 e. The molecule has 0 saturated heterocycles. The van der Waals surface area contributed by atoms with Crippen LogP contribution in [0.4, 0.5) is 0 Å². The Morgan fingerprint density at radius 1 is 0.889 bits per heavy atom. The van der Waals surface area contributed by atoms with Crippen LogP contribution in [-0.4, -0.2) is 78.3 Å². The molecule has 1 heterocycles. The van der Waals surface area contributed by atoms with Crippen LogP contribution in [0.3, 0.4) is 0 Å². The summed E-state index contributed by atoms with van der Waals surface area (Å²) in [6.07, 6.45) is 3.19. The number of benzene rings is 2. The van der Waals surface area contributed by atoms with E-state index in [0.717, 1.165) is 24.8 Å². The van der Waals surface area contributed by atoms with Gasteiger partial charge in [-0.05, 0) is 56.5 Å². The third-order valence-electron chi connectivity index (χ3n) is 8.43. The van der Waals surface area contributed by atoms with Gasteiger partial charge in [0.25, 0.3) is 11.8 Å². The second kappa shape index (κ2) is 22.4. The zero-order valence-corrected chi connectivity index (χ0v) is 31.1. The lowest BCUT2D eigenvalue weighted by Gasteiger charge is -2.29. The molecule has 4 amide bonds. The topological polar surface area (TPSA) is 203 Å². The molecule has 0 saturated carbocycles. The number of nitrogens with one attached hydrogen (secondary N) is 3. The molecule has 0 radical (unpaired) electrons. The van der Waals surface area contributed by atoms with Gasteiger partial charge in [-0.15, -0.1) is 0 Å². The Labute approximate surface area is 314 Å². The molecule has 0 aliphatic rings. The predicted molar refractivity (Wildman–Crippen MR) is 196 cm³/mol. The molecule has 54 heavy (non-hydrogen) atoms. The first-order valence-corrected chi connectivity index (χ1v) is 18.1. The van der Waals surface area contributed by atoms with Crippen LogP contribution in [0, 0.1) is 5.92 Å². The first-order valence-electron chi connectivity index (χ1n) is 18.1. The molecule has 3 aromatic rings. The first-order chi connectivity index (χ1) is 26.1. The van der Waals surface area contributed by atoms with Crippen molar-refractivity contribution in [3.63, 3.8) is 0 Å². The average Bonchev–Trinajstić information content (AvgIpc) is 3.68. The maximum atomic E-state index is 13.4. The molecule has 3 atom stereocenters. The fourth-order valence-electron chi connectivity index (χ4n) is 5.67. The Morgan fingerprint density at radius 2 is 1.65 bits per heavy atom. The lowest BCUT2D eigenvalue weighted by Crippen LogP contribution is -2.47. The highest BCUT2D eigenvalue weighted by Gasteiger charge is 2.31. The number of nitrogens with zero attached hydrogens (tertiary/aromatic N) is 1. The van der Waals surface area contributed by atoms with Gasteiger partial charge in [0.15, 0.2) is 5.76 Å². The molecule has 0 aliphatic carbocycles. The van der Waals surface area contributed by atoms with Gasteiger partial charge in [-0.2, -0.15) is 0 Å². The number of rotatable bonds is 23. The molecule has 292 valence electrons. The zero-order valence-electron chi connectivity index (χ0n) is 31.1. The van der Waals surface area contributed by atoms with Crippen molar-refractivity contribution in [2.24, 2.45) is 5.92 Å². The van der Waals surface area contributed by atoms with Crippen LogP contribution in [-0.2, 0) is 35.3 Å². The smallest absolute Gasteiger partial charge is 0.329 e. The van der Waals surface area contributed by atoms with Crippen molar-refractivity contribution in [1.82, 2.24) is 21.0 Å². The van der Waals surface area contributed by atoms with Gasteiger partial charge < -0.3 is 34.6 Å². The molecule has 0 bridgehead atoms. The minimum Gasteiger partial charge on any atom is -0.493 e. The van der Waals surface area contributed by atoms with Gasteiger partial charge in [-0.3, -0.25) is 29.2 Å². The van der Waals surface area contributed by atoms with E-state index in [9.17, 15) is 34.0 Å². The molecular formula is C39H50N4O11. The molecule has 0 aliphatic heterocycles. The van der Waals surface area contributed by atoms with Crippen molar-refractivity contribution in [2.45, 2.75) is 84.9 Å². The number of carbonyl (C=O) groups excluding carboxylic acids is 6. The average molecular weight is 751 g/mol. The SMILES string of the molecule is CCCCCC(C(=O)NCNC(=O)c1ccc(-c2ccc(C(=O)N[C@@H](CC(=O)OCc3ccccc3)C(=O)OCC)c(OCC)c2)o1)C(CC)N(O)C=O. The van der Waals surface area contributed by atoms with E-state index in [4.69, 9.17) is 18.6 Å². The molecule has 2 unspecified atom stereocenters. The predicted octanol–water partition coefficient (Wildman–Crippen LogP) is 4.77. The van der Waals surface area contributed by atoms with Crippen LogP contribution >= 0.6 is 0 Å². The summed E-state index contributed by atoms with van der Waals surface area (Å²) in [6.45, 7) is 7.13. The van der Waals surface area contributed by atoms with Crippen molar-refractivity contribution >= 4 is 36.1 Å². The molecule has 0 spiro atoms. The van der Waals surface area contributed by atoms with Crippen molar-refractivity contribution in [3.8, 4) is 17.1 Å². The number of hydroxylamine groups is 2. The van der Waals surface area contributed by atoms with E-state index in [1.54, 1.807) is 63.2 Å². The van der Waals surface area contributed by atoms with E-state index in [1.165, 1.54) is 12.1 Å². The summed E-state index contributed by atoms with van der Waals surface area (Å²) in [4.78, 5) is 75.9. The Kier molecular flexibility index (Phi) is 17.7.